The molecule has 2 aliphatic rings. The number of phenols is 8. The number of phenolic OH excluding ortho intramolecular Hbond substituents is 8. The minimum atomic E-state index is -1.39. The standard InChI is InChI=1S/C30H24O12/c31-13-7-20(37)24-23(8-13)41-29(12-2-4-16(33)19(36)6-12)27(40)26(24)25-21(38)10-17(34)14-9-22(39)28(42-30(14)25)11-1-3-15(32)18(35)5-11/h1-8,10,22,28-29,31-40H,9H2/t22-,28-,29-/m1/s1. The molecule has 12 heteroatoms. The average molecular weight is 577 g/mol. The summed E-state index contributed by atoms with van der Waals surface area (Å²) in [4.78, 5) is 0. The Morgan fingerprint density at radius 1 is 0.571 bits per heavy atom. The van der Waals surface area contributed by atoms with Crippen molar-refractivity contribution < 1.29 is 60.5 Å². The lowest BCUT2D eigenvalue weighted by atomic mass is 9.85. The first-order valence-corrected chi connectivity index (χ1v) is 12.6. The third-order valence-corrected chi connectivity index (χ3v) is 7.29. The van der Waals surface area contributed by atoms with E-state index in [1.807, 2.05) is 0 Å². The van der Waals surface area contributed by atoms with Gasteiger partial charge in [-0.05, 0) is 29.8 Å². The van der Waals surface area contributed by atoms with Crippen molar-refractivity contribution in [3.8, 4) is 57.5 Å². The zero-order valence-corrected chi connectivity index (χ0v) is 21.4. The van der Waals surface area contributed by atoms with Crippen LogP contribution in [0.1, 0.15) is 40.0 Å². The van der Waals surface area contributed by atoms with Crippen molar-refractivity contribution in [1.29, 1.82) is 0 Å². The number of benzene rings is 4. The van der Waals surface area contributed by atoms with E-state index >= 15 is 0 Å². The molecule has 4 aromatic carbocycles. The van der Waals surface area contributed by atoms with Crippen LogP contribution in [0.25, 0.3) is 5.57 Å². The van der Waals surface area contributed by atoms with Gasteiger partial charge in [0.1, 0.15) is 46.4 Å². The normalized spacial score (nSPS) is 19.4. The predicted octanol–water partition coefficient (Wildman–Crippen LogP) is 3.82. The number of rotatable bonds is 3. The highest BCUT2D eigenvalue weighted by Gasteiger charge is 2.40. The van der Waals surface area contributed by atoms with Gasteiger partial charge in [-0.3, -0.25) is 0 Å². The lowest BCUT2D eigenvalue weighted by Crippen LogP contribution is -2.31. The van der Waals surface area contributed by atoms with Crippen LogP contribution in [0.5, 0.6) is 57.5 Å². The number of aromatic hydroxyl groups is 8. The molecule has 0 bridgehead atoms. The number of fused-ring (bicyclic) bond motifs is 2. The van der Waals surface area contributed by atoms with Gasteiger partial charge in [0.25, 0.3) is 0 Å². The van der Waals surface area contributed by atoms with E-state index in [4.69, 9.17) is 9.47 Å². The summed E-state index contributed by atoms with van der Waals surface area (Å²) in [6.45, 7) is 0. The SMILES string of the molecule is OC1=C(c2c(O)cc(O)c3c2O[C@H](c2ccc(O)c(O)c2)[C@H](O)C3)c2c(O)cc(O)cc2O[C@@H]1c1ccc(O)c(O)c1. The number of aliphatic hydroxyl groups is 2. The largest absolute Gasteiger partial charge is 0.508 e. The van der Waals surface area contributed by atoms with Gasteiger partial charge in [-0.1, -0.05) is 12.1 Å². The van der Waals surface area contributed by atoms with Crippen LogP contribution >= 0.6 is 0 Å². The van der Waals surface area contributed by atoms with Crippen LogP contribution in [-0.2, 0) is 6.42 Å². The summed E-state index contributed by atoms with van der Waals surface area (Å²) in [5.74, 6) is -4.67. The average Bonchev–Trinajstić information content (AvgIpc) is 2.93. The van der Waals surface area contributed by atoms with Gasteiger partial charge in [-0.25, -0.2) is 0 Å². The summed E-state index contributed by atoms with van der Waals surface area (Å²) in [6, 6.07) is 10.6. The van der Waals surface area contributed by atoms with Gasteiger partial charge in [0.15, 0.2) is 29.1 Å². The zero-order valence-electron chi connectivity index (χ0n) is 21.4. The molecule has 0 saturated carbocycles. The van der Waals surface area contributed by atoms with Crippen LogP contribution in [0.2, 0.25) is 0 Å². The molecule has 3 atom stereocenters. The molecule has 0 saturated heterocycles. The highest BCUT2D eigenvalue weighted by Crippen LogP contribution is 2.56. The molecular formula is C30H24O12. The fourth-order valence-electron chi connectivity index (χ4n) is 5.33. The van der Waals surface area contributed by atoms with E-state index < -0.39 is 64.3 Å². The Bertz CT molecular complexity index is 1790. The Hall–Kier alpha value is -5.62. The summed E-state index contributed by atoms with van der Waals surface area (Å²) < 4.78 is 12.0. The minimum Gasteiger partial charge on any atom is -0.508 e. The molecule has 0 aromatic heterocycles. The first-order chi connectivity index (χ1) is 19.9. The van der Waals surface area contributed by atoms with Crippen molar-refractivity contribution in [1.82, 2.24) is 0 Å². The number of ether oxygens (including phenoxy) is 2. The zero-order chi connectivity index (χ0) is 30.0. The van der Waals surface area contributed by atoms with E-state index in [2.05, 4.69) is 0 Å². The van der Waals surface area contributed by atoms with Gasteiger partial charge in [0, 0.05) is 41.3 Å². The second kappa shape index (κ2) is 9.49. The van der Waals surface area contributed by atoms with Crippen molar-refractivity contribution in [2.24, 2.45) is 0 Å². The second-order valence-corrected chi connectivity index (χ2v) is 10.00. The molecule has 10 N–H and O–H groups in total. The molecule has 12 nitrogen and oxygen atoms in total. The van der Waals surface area contributed by atoms with Gasteiger partial charge in [-0.2, -0.15) is 0 Å². The van der Waals surface area contributed by atoms with Crippen molar-refractivity contribution in [3.63, 3.8) is 0 Å². The lowest BCUT2D eigenvalue weighted by Gasteiger charge is -2.35. The first kappa shape index (κ1) is 26.6. The van der Waals surface area contributed by atoms with E-state index in [1.165, 1.54) is 30.3 Å². The summed E-state index contributed by atoms with van der Waals surface area (Å²) >= 11 is 0. The number of aliphatic hydroxyl groups excluding tert-OH is 2. The van der Waals surface area contributed by atoms with E-state index in [-0.39, 0.29) is 57.1 Å². The molecule has 4 aromatic rings. The van der Waals surface area contributed by atoms with E-state index in [0.29, 0.717) is 0 Å². The quantitative estimate of drug-likeness (QED) is 0.157. The molecule has 216 valence electrons. The minimum absolute atomic E-state index is 0.0555. The van der Waals surface area contributed by atoms with E-state index in [1.54, 1.807) is 0 Å². The van der Waals surface area contributed by atoms with Crippen molar-refractivity contribution in [3.05, 3.63) is 88.2 Å². The lowest BCUT2D eigenvalue weighted by molar-refractivity contribution is 0.0194. The summed E-state index contributed by atoms with van der Waals surface area (Å²) in [7, 11) is 0. The summed E-state index contributed by atoms with van der Waals surface area (Å²) in [5, 5.41) is 105. The molecular weight excluding hydrogens is 552 g/mol. The molecule has 0 radical (unpaired) electrons. The highest BCUT2D eigenvalue weighted by atomic mass is 16.5. The summed E-state index contributed by atoms with van der Waals surface area (Å²) in [5.41, 5.74) is -0.133. The third-order valence-electron chi connectivity index (χ3n) is 7.29. The number of hydrogen-bond acceptors (Lipinski definition) is 12. The highest BCUT2D eigenvalue weighted by molar-refractivity contribution is 5.94. The molecule has 0 unspecified atom stereocenters. The molecule has 2 aliphatic heterocycles. The topological polar surface area (TPSA) is 221 Å². The predicted molar refractivity (Wildman–Crippen MR) is 144 cm³/mol. The van der Waals surface area contributed by atoms with Gasteiger partial charge in [-0.15, -0.1) is 0 Å². The van der Waals surface area contributed by atoms with Gasteiger partial charge < -0.3 is 60.5 Å². The molecule has 0 aliphatic carbocycles. The van der Waals surface area contributed by atoms with Crippen LogP contribution in [-0.4, -0.2) is 57.2 Å². The van der Waals surface area contributed by atoms with Crippen molar-refractivity contribution in [2.45, 2.75) is 24.7 Å². The van der Waals surface area contributed by atoms with Crippen LogP contribution < -0.4 is 9.47 Å². The first-order valence-electron chi connectivity index (χ1n) is 12.6. The molecule has 0 spiro atoms. The number of hydrogen-bond donors (Lipinski definition) is 10. The fraction of sp³-hybridized carbons (Fsp3) is 0.133. The maximum atomic E-state index is 11.6. The van der Waals surface area contributed by atoms with Crippen LogP contribution in [0.15, 0.2) is 60.4 Å². The van der Waals surface area contributed by atoms with Crippen molar-refractivity contribution in [2.75, 3.05) is 0 Å². The maximum Gasteiger partial charge on any atom is 0.181 e. The Balaban J connectivity index is 1.61. The Morgan fingerprint density at radius 3 is 1.86 bits per heavy atom. The Morgan fingerprint density at radius 2 is 1.19 bits per heavy atom. The maximum absolute atomic E-state index is 11.6. The smallest absolute Gasteiger partial charge is 0.181 e. The van der Waals surface area contributed by atoms with Gasteiger partial charge in [0.2, 0.25) is 0 Å². The third kappa shape index (κ3) is 4.12. The fourth-order valence-corrected chi connectivity index (χ4v) is 5.33. The van der Waals surface area contributed by atoms with Gasteiger partial charge >= 0.3 is 0 Å². The molecule has 0 fully saturated rings. The summed E-state index contributed by atoms with van der Waals surface area (Å²) in [6.07, 6.45) is -4.02. The van der Waals surface area contributed by atoms with Gasteiger partial charge in [0.05, 0.1) is 17.2 Å². The van der Waals surface area contributed by atoms with E-state index in [0.717, 1.165) is 24.3 Å². The van der Waals surface area contributed by atoms with Crippen LogP contribution in [0, 0.1) is 0 Å². The Kier molecular flexibility index (Phi) is 6.01. The molecule has 6 rings (SSSR count). The van der Waals surface area contributed by atoms with Crippen LogP contribution in [0.4, 0.5) is 0 Å². The van der Waals surface area contributed by atoms with Crippen molar-refractivity contribution >= 4 is 5.57 Å². The molecule has 0 amide bonds. The molecule has 42 heavy (non-hydrogen) atoms. The monoisotopic (exact) mass is 576 g/mol. The second-order valence-electron chi connectivity index (χ2n) is 10.00. The van der Waals surface area contributed by atoms with Crippen LogP contribution in [0.3, 0.4) is 0 Å². The Labute approximate surface area is 236 Å². The van der Waals surface area contributed by atoms with E-state index in [9.17, 15) is 51.1 Å². The molecule has 2 heterocycles.